The maximum absolute atomic E-state index is 12.9. The number of hydrogen-bond donors (Lipinski definition) is 2. The molecule has 2 amide bonds. The molecule has 33 heavy (non-hydrogen) atoms. The molecule has 2 aromatic carbocycles. The molecule has 2 heterocycles. The third-order valence-electron chi connectivity index (χ3n) is 5.81. The molecule has 1 fully saturated rings. The second-order valence-corrected chi connectivity index (χ2v) is 8.02. The monoisotopic (exact) mass is 450 g/mol. The first kappa shape index (κ1) is 22.3. The predicted molar refractivity (Wildman–Crippen MR) is 124 cm³/mol. The van der Waals surface area contributed by atoms with Crippen LogP contribution in [0.2, 0.25) is 0 Å². The fourth-order valence-corrected chi connectivity index (χ4v) is 3.97. The van der Waals surface area contributed by atoms with Crippen LogP contribution in [0.25, 0.3) is 10.9 Å². The minimum absolute atomic E-state index is 0.121. The van der Waals surface area contributed by atoms with Crippen LogP contribution < -0.4 is 21.3 Å². The van der Waals surface area contributed by atoms with Gasteiger partial charge in [-0.25, -0.2) is 4.79 Å². The number of nitrogens with zero attached hydrogens (tertiary/aromatic N) is 2. The Bertz CT molecular complexity index is 1290. The molecule has 3 aromatic rings. The molecule has 0 unspecified atom stereocenters. The number of H-pyrrole nitrogens is 1. The van der Waals surface area contributed by atoms with Crippen molar-refractivity contribution in [3.8, 4) is 5.75 Å². The first-order valence-electron chi connectivity index (χ1n) is 10.9. The molecule has 1 saturated heterocycles. The van der Waals surface area contributed by atoms with Crippen molar-refractivity contribution in [1.82, 2.24) is 19.8 Å². The van der Waals surface area contributed by atoms with Crippen LogP contribution >= 0.6 is 0 Å². The zero-order valence-corrected chi connectivity index (χ0v) is 18.4. The lowest BCUT2D eigenvalue weighted by Gasteiger charge is -2.15. The molecule has 1 aromatic heterocycles. The van der Waals surface area contributed by atoms with E-state index in [1.165, 1.54) is 6.07 Å². The fourth-order valence-electron chi connectivity index (χ4n) is 3.97. The summed E-state index contributed by atoms with van der Waals surface area (Å²) in [6, 6.07) is 11.8. The molecule has 2 N–H and O–H groups in total. The van der Waals surface area contributed by atoms with Crippen molar-refractivity contribution in [1.29, 1.82) is 0 Å². The van der Waals surface area contributed by atoms with E-state index in [9.17, 15) is 19.2 Å². The van der Waals surface area contributed by atoms with Gasteiger partial charge < -0.3 is 19.9 Å². The number of methoxy groups -OCH3 is 1. The van der Waals surface area contributed by atoms with Gasteiger partial charge in [-0.15, -0.1) is 0 Å². The average molecular weight is 450 g/mol. The molecule has 0 spiro atoms. The molecule has 4 rings (SSSR count). The van der Waals surface area contributed by atoms with Crippen LogP contribution in [0.5, 0.6) is 5.75 Å². The third-order valence-corrected chi connectivity index (χ3v) is 5.81. The second-order valence-electron chi connectivity index (χ2n) is 8.02. The van der Waals surface area contributed by atoms with Gasteiger partial charge in [0.15, 0.2) is 0 Å². The van der Waals surface area contributed by atoms with Gasteiger partial charge in [0, 0.05) is 31.6 Å². The van der Waals surface area contributed by atoms with Crippen molar-refractivity contribution in [2.45, 2.75) is 25.8 Å². The van der Waals surface area contributed by atoms with Crippen LogP contribution in [0, 0.1) is 0 Å². The summed E-state index contributed by atoms with van der Waals surface area (Å²) in [5.41, 5.74) is 0.478. The molecule has 0 atom stereocenters. The SMILES string of the molecule is COc1ccc(Cn2c(=O)[nH]c3cc(C(=O)NCCCN4CCCC4=O)ccc3c2=O)cc1. The second kappa shape index (κ2) is 9.72. The van der Waals surface area contributed by atoms with E-state index in [1.54, 1.807) is 43.5 Å². The van der Waals surface area contributed by atoms with E-state index in [0.717, 1.165) is 23.1 Å². The van der Waals surface area contributed by atoms with Crippen molar-refractivity contribution < 1.29 is 14.3 Å². The Hall–Kier alpha value is -3.88. The number of carbonyl (C=O) groups is 2. The number of ether oxygens (including phenoxy) is 1. The van der Waals surface area contributed by atoms with Gasteiger partial charge >= 0.3 is 5.69 Å². The van der Waals surface area contributed by atoms with Crippen molar-refractivity contribution in [2.75, 3.05) is 26.7 Å². The quantitative estimate of drug-likeness (QED) is 0.505. The minimum Gasteiger partial charge on any atom is -0.497 e. The van der Waals surface area contributed by atoms with Crippen molar-refractivity contribution in [2.24, 2.45) is 0 Å². The molecule has 9 nitrogen and oxygen atoms in total. The molecular formula is C24H26N4O5. The molecular weight excluding hydrogens is 424 g/mol. The van der Waals surface area contributed by atoms with Gasteiger partial charge in [0.25, 0.3) is 11.5 Å². The molecule has 0 saturated carbocycles. The zero-order valence-electron chi connectivity index (χ0n) is 18.4. The highest BCUT2D eigenvalue weighted by molar-refractivity contribution is 5.97. The van der Waals surface area contributed by atoms with Gasteiger partial charge in [-0.2, -0.15) is 0 Å². The Morgan fingerprint density at radius 2 is 1.91 bits per heavy atom. The number of nitrogens with one attached hydrogen (secondary N) is 2. The topological polar surface area (TPSA) is 114 Å². The predicted octanol–water partition coefficient (Wildman–Crippen LogP) is 1.49. The van der Waals surface area contributed by atoms with E-state index in [2.05, 4.69) is 10.3 Å². The summed E-state index contributed by atoms with van der Waals surface area (Å²) >= 11 is 0. The van der Waals surface area contributed by atoms with Crippen LogP contribution in [0.3, 0.4) is 0 Å². The summed E-state index contributed by atoms with van der Waals surface area (Å²) in [5, 5.41) is 3.15. The van der Waals surface area contributed by atoms with Gasteiger partial charge in [-0.3, -0.25) is 19.0 Å². The number of rotatable bonds is 8. The molecule has 1 aliphatic heterocycles. The number of likely N-dealkylation sites (tertiary alicyclic amines) is 1. The van der Waals surface area contributed by atoms with Gasteiger partial charge in [0.05, 0.1) is 24.6 Å². The first-order valence-corrected chi connectivity index (χ1v) is 10.9. The van der Waals surface area contributed by atoms with Crippen LogP contribution in [-0.2, 0) is 11.3 Å². The van der Waals surface area contributed by atoms with Crippen LogP contribution in [0.15, 0.2) is 52.1 Å². The van der Waals surface area contributed by atoms with E-state index in [1.807, 2.05) is 4.90 Å². The van der Waals surface area contributed by atoms with Gasteiger partial charge in [0.1, 0.15) is 5.75 Å². The Morgan fingerprint density at radius 1 is 1.12 bits per heavy atom. The van der Waals surface area contributed by atoms with E-state index >= 15 is 0 Å². The van der Waals surface area contributed by atoms with E-state index < -0.39 is 11.2 Å². The summed E-state index contributed by atoms with van der Waals surface area (Å²) in [6.45, 7) is 1.95. The Balaban J connectivity index is 1.45. The maximum atomic E-state index is 12.9. The summed E-state index contributed by atoms with van der Waals surface area (Å²) in [4.78, 5) is 54.1. The standard InChI is InChI=1S/C24H26N4O5/c1-33-18-8-5-16(6-9-18)15-28-23(31)19-10-7-17(14-20(19)26-24(28)32)22(30)25-11-3-13-27-12-2-4-21(27)29/h5-10,14H,2-4,11-13,15H2,1H3,(H,25,30)(H,26,32). The molecule has 172 valence electrons. The Labute approximate surface area is 190 Å². The van der Waals surface area contributed by atoms with E-state index in [4.69, 9.17) is 4.74 Å². The number of aromatic amines is 1. The van der Waals surface area contributed by atoms with Crippen LogP contribution in [0.1, 0.15) is 35.2 Å². The molecule has 9 heteroatoms. The highest BCUT2D eigenvalue weighted by Gasteiger charge is 2.19. The van der Waals surface area contributed by atoms with Crippen LogP contribution in [-0.4, -0.2) is 53.0 Å². The number of amides is 2. The molecule has 0 radical (unpaired) electrons. The number of aromatic nitrogens is 2. The highest BCUT2D eigenvalue weighted by Crippen LogP contribution is 2.13. The first-order chi connectivity index (χ1) is 16.0. The lowest BCUT2D eigenvalue weighted by atomic mass is 10.1. The smallest absolute Gasteiger partial charge is 0.329 e. The van der Waals surface area contributed by atoms with E-state index in [0.29, 0.717) is 48.1 Å². The Kier molecular flexibility index (Phi) is 6.58. The van der Waals surface area contributed by atoms with Gasteiger partial charge in [-0.05, 0) is 48.7 Å². The molecule has 1 aliphatic rings. The summed E-state index contributed by atoms with van der Waals surface area (Å²) in [5.74, 6) is 0.555. The average Bonchev–Trinajstić information content (AvgIpc) is 3.23. The summed E-state index contributed by atoms with van der Waals surface area (Å²) < 4.78 is 6.26. The third kappa shape index (κ3) is 4.97. The summed E-state index contributed by atoms with van der Waals surface area (Å²) in [6.07, 6.45) is 2.16. The maximum Gasteiger partial charge on any atom is 0.329 e. The largest absolute Gasteiger partial charge is 0.497 e. The highest BCUT2D eigenvalue weighted by atomic mass is 16.5. The number of benzene rings is 2. The zero-order chi connectivity index (χ0) is 23.4. The molecule has 0 bridgehead atoms. The number of carbonyl (C=O) groups excluding carboxylic acids is 2. The lowest BCUT2D eigenvalue weighted by molar-refractivity contribution is -0.127. The summed E-state index contributed by atoms with van der Waals surface area (Å²) in [7, 11) is 1.57. The fraction of sp³-hybridized carbons (Fsp3) is 0.333. The van der Waals surface area contributed by atoms with Crippen LogP contribution in [0.4, 0.5) is 0 Å². The normalized spacial score (nSPS) is 13.5. The van der Waals surface area contributed by atoms with Gasteiger partial charge in [-0.1, -0.05) is 12.1 Å². The Morgan fingerprint density at radius 3 is 2.61 bits per heavy atom. The van der Waals surface area contributed by atoms with Crippen molar-refractivity contribution in [3.05, 3.63) is 74.4 Å². The van der Waals surface area contributed by atoms with E-state index in [-0.39, 0.29) is 18.4 Å². The van der Waals surface area contributed by atoms with Crippen molar-refractivity contribution >= 4 is 22.7 Å². The molecule has 0 aliphatic carbocycles. The number of fused-ring (bicyclic) bond motifs is 1. The minimum atomic E-state index is -0.545. The lowest BCUT2D eigenvalue weighted by Crippen LogP contribution is -2.35. The number of hydrogen-bond acceptors (Lipinski definition) is 5. The van der Waals surface area contributed by atoms with Gasteiger partial charge in [0.2, 0.25) is 5.91 Å². The van der Waals surface area contributed by atoms with Crippen molar-refractivity contribution in [3.63, 3.8) is 0 Å².